The predicted octanol–water partition coefficient (Wildman–Crippen LogP) is 4.41. The van der Waals surface area contributed by atoms with Crippen LogP contribution in [0.3, 0.4) is 0 Å². The Balaban J connectivity index is 1.62. The average molecular weight is 352 g/mol. The van der Waals surface area contributed by atoms with Crippen molar-refractivity contribution in [3.8, 4) is 16.6 Å². The van der Waals surface area contributed by atoms with Crippen molar-refractivity contribution in [1.29, 1.82) is 5.26 Å². The molecule has 0 amide bonds. The van der Waals surface area contributed by atoms with Crippen LogP contribution in [0.5, 0.6) is 0 Å². The fourth-order valence-corrected chi connectivity index (χ4v) is 3.50. The maximum Gasteiger partial charge on any atom is 0.210 e. The molecule has 7 heteroatoms. The number of fused-ring (bicyclic) bond motifs is 1. The van der Waals surface area contributed by atoms with Crippen LogP contribution in [0.25, 0.3) is 10.6 Å². The van der Waals surface area contributed by atoms with Gasteiger partial charge in [-0.2, -0.15) is 5.26 Å². The Labute approximate surface area is 147 Å². The van der Waals surface area contributed by atoms with Crippen LogP contribution in [0.4, 0.5) is 10.8 Å². The Hall–Kier alpha value is -2.75. The van der Waals surface area contributed by atoms with Crippen molar-refractivity contribution in [1.82, 2.24) is 10.2 Å². The molecule has 0 bridgehead atoms. The lowest BCUT2D eigenvalue weighted by molar-refractivity contribution is 1.10. The van der Waals surface area contributed by atoms with Crippen LogP contribution < -0.4 is 5.32 Å². The Morgan fingerprint density at radius 3 is 3.00 bits per heavy atom. The molecule has 1 aromatic heterocycles. The first-order valence-electron chi connectivity index (χ1n) is 7.17. The van der Waals surface area contributed by atoms with E-state index in [0.717, 1.165) is 27.4 Å². The van der Waals surface area contributed by atoms with Crippen LogP contribution in [0.2, 0.25) is 5.02 Å². The number of nitrogens with one attached hydrogen (secondary N) is 1. The van der Waals surface area contributed by atoms with Crippen molar-refractivity contribution in [3.05, 3.63) is 58.1 Å². The van der Waals surface area contributed by atoms with Gasteiger partial charge in [0.15, 0.2) is 0 Å². The van der Waals surface area contributed by atoms with E-state index in [2.05, 4.69) is 26.6 Å². The van der Waals surface area contributed by atoms with Crippen molar-refractivity contribution >= 4 is 40.0 Å². The van der Waals surface area contributed by atoms with Gasteiger partial charge in [-0.25, -0.2) is 0 Å². The molecule has 2 aromatic carbocycles. The average Bonchev–Trinajstić information content (AvgIpc) is 3.27. The number of nitriles is 1. The van der Waals surface area contributed by atoms with Gasteiger partial charge in [0.1, 0.15) is 5.01 Å². The summed E-state index contributed by atoms with van der Waals surface area (Å²) in [6.07, 6.45) is 1.79. The van der Waals surface area contributed by atoms with Gasteiger partial charge >= 0.3 is 0 Å². The number of benzene rings is 2. The topological polar surface area (TPSA) is 74.0 Å². The van der Waals surface area contributed by atoms with Gasteiger partial charge in [0.05, 0.1) is 28.9 Å². The highest BCUT2D eigenvalue weighted by molar-refractivity contribution is 7.18. The highest BCUT2D eigenvalue weighted by Crippen LogP contribution is 2.34. The third-order valence-corrected chi connectivity index (χ3v) is 4.95. The summed E-state index contributed by atoms with van der Waals surface area (Å²) in [5.74, 6) is 0. The van der Waals surface area contributed by atoms with E-state index in [9.17, 15) is 0 Å². The summed E-state index contributed by atoms with van der Waals surface area (Å²) in [5, 5.41) is 22.6. The monoisotopic (exact) mass is 351 g/mol. The van der Waals surface area contributed by atoms with Gasteiger partial charge in [0.25, 0.3) is 0 Å². The second kappa shape index (κ2) is 6.04. The molecule has 4 rings (SSSR count). The Morgan fingerprint density at radius 1 is 1.21 bits per heavy atom. The molecule has 0 aliphatic carbocycles. The third kappa shape index (κ3) is 2.64. The van der Waals surface area contributed by atoms with E-state index in [0.29, 0.717) is 22.3 Å². The summed E-state index contributed by atoms with van der Waals surface area (Å²) in [7, 11) is 0. The van der Waals surface area contributed by atoms with E-state index in [-0.39, 0.29) is 0 Å². The number of nitrogens with zero attached hydrogens (tertiary/aromatic N) is 4. The number of halogens is 1. The molecule has 3 aromatic rings. The first-order valence-corrected chi connectivity index (χ1v) is 8.36. The summed E-state index contributed by atoms with van der Waals surface area (Å²) in [4.78, 5) is 4.23. The predicted molar refractivity (Wildman–Crippen MR) is 96.1 cm³/mol. The van der Waals surface area contributed by atoms with E-state index in [1.807, 2.05) is 24.3 Å². The van der Waals surface area contributed by atoms with Gasteiger partial charge in [-0.3, -0.25) is 4.99 Å². The molecule has 1 N–H and O–H groups in total. The van der Waals surface area contributed by atoms with Gasteiger partial charge in [-0.1, -0.05) is 41.1 Å². The molecule has 0 saturated carbocycles. The molecule has 116 valence electrons. The smallest absolute Gasteiger partial charge is 0.210 e. The lowest BCUT2D eigenvalue weighted by Crippen LogP contribution is -1.94. The summed E-state index contributed by atoms with van der Waals surface area (Å²) < 4.78 is 0. The Kier molecular flexibility index (Phi) is 3.73. The molecule has 0 atom stereocenters. The first kappa shape index (κ1) is 14.8. The van der Waals surface area contributed by atoms with Crippen molar-refractivity contribution in [3.63, 3.8) is 0 Å². The number of aliphatic imine (C=N–C) groups is 1. The van der Waals surface area contributed by atoms with Gasteiger partial charge in [-0.15, -0.1) is 10.2 Å². The van der Waals surface area contributed by atoms with E-state index in [1.54, 1.807) is 18.3 Å². The van der Waals surface area contributed by atoms with Gasteiger partial charge in [0, 0.05) is 17.3 Å². The van der Waals surface area contributed by atoms with Gasteiger partial charge in [0.2, 0.25) is 5.13 Å². The van der Waals surface area contributed by atoms with Crippen molar-refractivity contribution in [2.45, 2.75) is 6.54 Å². The number of anilines is 2. The molecule has 5 nitrogen and oxygen atoms in total. The summed E-state index contributed by atoms with van der Waals surface area (Å²) in [6.45, 7) is 0.674. The molecule has 1 aliphatic heterocycles. The highest BCUT2D eigenvalue weighted by atomic mass is 35.5. The van der Waals surface area contributed by atoms with Gasteiger partial charge < -0.3 is 5.32 Å². The van der Waals surface area contributed by atoms with Crippen LogP contribution in [0.15, 0.2) is 41.4 Å². The minimum Gasteiger partial charge on any atom is -0.329 e. The largest absolute Gasteiger partial charge is 0.329 e. The molecular weight excluding hydrogens is 342 g/mol. The summed E-state index contributed by atoms with van der Waals surface area (Å²) in [5.41, 5.74) is 4.31. The van der Waals surface area contributed by atoms with Crippen LogP contribution in [0, 0.1) is 11.3 Å². The minimum absolute atomic E-state index is 0.596. The molecule has 0 radical (unpaired) electrons. The molecular formula is C17H10ClN5S. The van der Waals surface area contributed by atoms with Gasteiger partial charge in [-0.05, 0) is 23.8 Å². The fraction of sp³-hybridized carbons (Fsp3) is 0.0588. The van der Waals surface area contributed by atoms with Crippen molar-refractivity contribution in [2.75, 3.05) is 5.32 Å². The van der Waals surface area contributed by atoms with Crippen LogP contribution >= 0.6 is 22.9 Å². The third-order valence-electron chi connectivity index (χ3n) is 3.66. The summed E-state index contributed by atoms with van der Waals surface area (Å²) >= 11 is 7.84. The molecule has 1 aliphatic rings. The molecule has 0 saturated heterocycles. The van der Waals surface area contributed by atoms with Crippen LogP contribution in [-0.4, -0.2) is 16.4 Å². The van der Waals surface area contributed by atoms with E-state index < -0.39 is 0 Å². The molecule has 0 fully saturated rings. The number of hydrogen-bond donors (Lipinski definition) is 1. The Morgan fingerprint density at radius 2 is 2.12 bits per heavy atom. The maximum atomic E-state index is 9.00. The fourth-order valence-electron chi connectivity index (χ4n) is 2.47. The maximum absolute atomic E-state index is 9.00. The van der Waals surface area contributed by atoms with Crippen LogP contribution in [0.1, 0.15) is 16.7 Å². The minimum atomic E-state index is 0.596. The zero-order valence-corrected chi connectivity index (χ0v) is 13.9. The van der Waals surface area contributed by atoms with E-state index in [4.69, 9.17) is 16.9 Å². The zero-order valence-electron chi connectivity index (χ0n) is 12.3. The van der Waals surface area contributed by atoms with Crippen molar-refractivity contribution < 1.29 is 0 Å². The number of hydrogen-bond acceptors (Lipinski definition) is 6. The Bertz CT molecular complexity index is 1000. The summed E-state index contributed by atoms with van der Waals surface area (Å²) in [6, 6.07) is 13.4. The standard InChI is InChI=1S/C17H10ClN5S/c18-15-13-9-20-8-12(13)4-5-14(15)21-17-23-22-16(24-17)11-3-1-2-10(6-11)7-19/h1-6,9H,8H2,(H,21,23). The number of aromatic nitrogens is 2. The highest BCUT2D eigenvalue weighted by Gasteiger charge is 2.15. The number of rotatable bonds is 3. The SMILES string of the molecule is N#Cc1cccc(-c2nnc(Nc3ccc4c(c3Cl)C=NC4)s2)c1. The second-order valence-electron chi connectivity index (χ2n) is 5.20. The first-order chi connectivity index (χ1) is 11.7. The zero-order chi connectivity index (χ0) is 16.5. The molecule has 24 heavy (non-hydrogen) atoms. The quantitative estimate of drug-likeness (QED) is 0.758. The van der Waals surface area contributed by atoms with E-state index >= 15 is 0 Å². The molecule has 2 heterocycles. The lowest BCUT2D eigenvalue weighted by atomic mass is 10.1. The molecule has 0 spiro atoms. The molecule has 0 unspecified atom stereocenters. The van der Waals surface area contributed by atoms with Crippen molar-refractivity contribution in [2.24, 2.45) is 4.99 Å². The van der Waals surface area contributed by atoms with Crippen LogP contribution in [-0.2, 0) is 6.54 Å². The lowest BCUT2D eigenvalue weighted by Gasteiger charge is -2.08. The normalized spacial score (nSPS) is 12.0. The second-order valence-corrected chi connectivity index (χ2v) is 6.56. The van der Waals surface area contributed by atoms with E-state index in [1.165, 1.54) is 11.3 Å².